The van der Waals surface area contributed by atoms with E-state index < -0.39 is 5.97 Å². The first kappa shape index (κ1) is 15.7. The highest BCUT2D eigenvalue weighted by Gasteiger charge is 2.17. The van der Waals surface area contributed by atoms with Crippen molar-refractivity contribution in [3.8, 4) is 0 Å². The van der Waals surface area contributed by atoms with Gasteiger partial charge in [-0.1, -0.05) is 0 Å². The van der Waals surface area contributed by atoms with E-state index >= 15 is 0 Å². The minimum Gasteiger partial charge on any atom is -0.465 e. The van der Waals surface area contributed by atoms with Crippen LogP contribution in [-0.2, 0) is 4.74 Å². The first-order valence-electron chi connectivity index (χ1n) is 7.44. The van der Waals surface area contributed by atoms with Crippen molar-refractivity contribution in [3.05, 3.63) is 65.1 Å². The van der Waals surface area contributed by atoms with Gasteiger partial charge in [-0.15, -0.1) is 0 Å². The summed E-state index contributed by atoms with van der Waals surface area (Å²) in [6, 6.07) is 10.4. The van der Waals surface area contributed by atoms with Gasteiger partial charge in [-0.05, 0) is 55.8 Å². The van der Waals surface area contributed by atoms with Gasteiger partial charge in [0.15, 0.2) is 0 Å². The highest BCUT2D eigenvalue weighted by Crippen LogP contribution is 2.16. The van der Waals surface area contributed by atoms with Crippen molar-refractivity contribution >= 4 is 23.2 Å². The molecule has 24 heavy (non-hydrogen) atoms. The summed E-state index contributed by atoms with van der Waals surface area (Å²) in [4.78, 5) is 28.5. The molecule has 0 saturated carbocycles. The summed E-state index contributed by atoms with van der Waals surface area (Å²) in [5.74, 6) is -0.671. The lowest BCUT2D eigenvalue weighted by molar-refractivity contribution is 0.0600. The number of hydrogen-bond acceptors (Lipinski definition) is 4. The molecular weight excluding hydrogens is 306 g/mol. The molecule has 0 atom stereocenters. The number of fused-ring (bicyclic) bond motifs is 1. The third-order valence-electron chi connectivity index (χ3n) is 3.73. The first-order valence-corrected chi connectivity index (χ1v) is 7.44. The molecule has 3 aromatic rings. The number of imidazole rings is 1. The number of amides is 1. The van der Waals surface area contributed by atoms with Gasteiger partial charge in [-0.2, -0.15) is 0 Å². The van der Waals surface area contributed by atoms with E-state index in [1.54, 1.807) is 35.6 Å². The number of hydrogen-bond donors (Lipinski definition) is 1. The molecule has 0 aliphatic carbocycles. The third kappa shape index (κ3) is 2.86. The standard InChI is InChI=1S/C18H17N3O3/c1-11-8-9-21-15(10-11)19-12(2)16(21)17(22)20-14-6-4-13(5-7-14)18(23)24-3/h4-10H,1-3H3,(H,20,22). The maximum Gasteiger partial charge on any atom is 0.337 e. The van der Waals surface area contributed by atoms with Crippen molar-refractivity contribution < 1.29 is 14.3 Å². The van der Waals surface area contributed by atoms with Crippen LogP contribution in [0, 0.1) is 13.8 Å². The lowest BCUT2D eigenvalue weighted by Crippen LogP contribution is -2.15. The van der Waals surface area contributed by atoms with Crippen LogP contribution in [0.2, 0.25) is 0 Å². The molecule has 0 radical (unpaired) electrons. The SMILES string of the molecule is COC(=O)c1ccc(NC(=O)c2c(C)nc3cc(C)ccn23)cc1. The molecule has 0 aliphatic heterocycles. The van der Waals surface area contributed by atoms with E-state index in [1.807, 2.05) is 25.3 Å². The number of rotatable bonds is 3. The second kappa shape index (κ2) is 6.16. The fraction of sp³-hybridized carbons (Fsp3) is 0.167. The summed E-state index contributed by atoms with van der Waals surface area (Å²) in [6.07, 6.45) is 1.83. The molecule has 1 amide bonds. The third-order valence-corrected chi connectivity index (χ3v) is 3.73. The van der Waals surface area contributed by atoms with Crippen molar-refractivity contribution in [3.63, 3.8) is 0 Å². The summed E-state index contributed by atoms with van der Waals surface area (Å²) < 4.78 is 6.42. The zero-order chi connectivity index (χ0) is 17.3. The first-order chi connectivity index (χ1) is 11.5. The van der Waals surface area contributed by atoms with Gasteiger partial charge in [0.2, 0.25) is 0 Å². The van der Waals surface area contributed by atoms with Crippen LogP contribution in [0.15, 0.2) is 42.6 Å². The van der Waals surface area contributed by atoms with Crippen LogP contribution < -0.4 is 5.32 Å². The summed E-state index contributed by atoms with van der Waals surface area (Å²) in [7, 11) is 1.33. The smallest absolute Gasteiger partial charge is 0.337 e. The highest BCUT2D eigenvalue weighted by molar-refractivity contribution is 6.04. The van der Waals surface area contributed by atoms with E-state index in [1.165, 1.54) is 7.11 Å². The van der Waals surface area contributed by atoms with E-state index in [9.17, 15) is 9.59 Å². The molecule has 0 spiro atoms. The normalized spacial score (nSPS) is 10.6. The number of methoxy groups -OCH3 is 1. The Labute approximate surface area is 139 Å². The summed E-state index contributed by atoms with van der Waals surface area (Å²) in [6.45, 7) is 3.78. The van der Waals surface area contributed by atoms with Gasteiger partial charge in [0.1, 0.15) is 11.3 Å². The maximum absolute atomic E-state index is 12.6. The topological polar surface area (TPSA) is 72.7 Å². The number of esters is 1. The Bertz CT molecular complexity index is 927. The molecule has 2 aromatic heterocycles. The van der Waals surface area contributed by atoms with Crippen LogP contribution in [0.25, 0.3) is 5.65 Å². The summed E-state index contributed by atoms with van der Waals surface area (Å²) in [5.41, 5.74) is 3.98. The number of aromatic nitrogens is 2. The number of aryl methyl sites for hydroxylation is 2. The molecule has 3 rings (SSSR count). The van der Waals surface area contributed by atoms with Crippen molar-refractivity contribution in [2.24, 2.45) is 0 Å². The minimum atomic E-state index is -0.416. The van der Waals surface area contributed by atoms with Crippen molar-refractivity contribution in [1.82, 2.24) is 9.38 Å². The molecule has 0 aliphatic rings. The fourth-order valence-corrected chi connectivity index (χ4v) is 2.54. The quantitative estimate of drug-likeness (QED) is 0.752. The monoisotopic (exact) mass is 323 g/mol. The van der Waals surface area contributed by atoms with Crippen LogP contribution in [0.5, 0.6) is 0 Å². The molecule has 0 saturated heterocycles. The Morgan fingerprint density at radius 2 is 1.83 bits per heavy atom. The highest BCUT2D eigenvalue weighted by atomic mass is 16.5. The fourth-order valence-electron chi connectivity index (χ4n) is 2.54. The number of carbonyl (C=O) groups excluding carboxylic acids is 2. The lowest BCUT2D eigenvalue weighted by Gasteiger charge is -2.07. The summed E-state index contributed by atoms with van der Waals surface area (Å²) in [5, 5.41) is 2.82. The number of anilines is 1. The van der Waals surface area contributed by atoms with Crippen LogP contribution in [0.1, 0.15) is 32.1 Å². The second-order valence-electron chi connectivity index (χ2n) is 5.50. The Morgan fingerprint density at radius 3 is 2.50 bits per heavy atom. The van der Waals surface area contributed by atoms with Crippen molar-refractivity contribution in [2.75, 3.05) is 12.4 Å². The Morgan fingerprint density at radius 1 is 1.12 bits per heavy atom. The van der Waals surface area contributed by atoms with Crippen molar-refractivity contribution in [1.29, 1.82) is 0 Å². The molecule has 0 fully saturated rings. The molecule has 0 bridgehead atoms. The Kier molecular flexibility index (Phi) is 4.04. The van der Waals surface area contributed by atoms with Gasteiger partial charge in [-0.3, -0.25) is 9.20 Å². The molecule has 1 aromatic carbocycles. The zero-order valence-corrected chi connectivity index (χ0v) is 13.7. The average molecular weight is 323 g/mol. The number of nitrogens with zero attached hydrogens (tertiary/aromatic N) is 2. The van der Waals surface area contributed by atoms with Gasteiger partial charge in [0, 0.05) is 11.9 Å². The van der Waals surface area contributed by atoms with E-state index in [2.05, 4.69) is 15.0 Å². The summed E-state index contributed by atoms with van der Waals surface area (Å²) >= 11 is 0. The van der Waals surface area contributed by atoms with Crippen LogP contribution in [0.4, 0.5) is 5.69 Å². The molecule has 1 N–H and O–H groups in total. The minimum absolute atomic E-state index is 0.255. The van der Waals surface area contributed by atoms with Crippen LogP contribution >= 0.6 is 0 Å². The molecule has 6 heteroatoms. The van der Waals surface area contributed by atoms with Crippen LogP contribution in [0.3, 0.4) is 0 Å². The van der Waals surface area contributed by atoms with Gasteiger partial charge in [-0.25, -0.2) is 9.78 Å². The molecule has 0 unspecified atom stereocenters. The molecule has 122 valence electrons. The molecular formula is C18H17N3O3. The molecule has 2 heterocycles. The van der Waals surface area contributed by atoms with E-state index in [4.69, 9.17) is 0 Å². The Hall–Kier alpha value is -3.15. The maximum atomic E-state index is 12.6. The zero-order valence-electron chi connectivity index (χ0n) is 13.7. The van der Waals surface area contributed by atoms with E-state index in [0.29, 0.717) is 22.6 Å². The Balaban J connectivity index is 1.87. The van der Waals surface area contributed by atoms with Crippen molar-refractivity contribution in [2.45, 2.75) is 13.8 Å². The average Bonchev–Trinajstić information content (AvgIpc) is 2.89. The number of pyridine rings is 1. The van der Waals surface area contributed by atoms with Crippen LogP contribution in [-0.4, -0.2) is 28.4 Å². The number of carbonyl (C=O) groups is 2. The molecule has 6 nitrogen and oxygen atoms in total. The van der Waals surface area contributed by atoms with Gasteiger partial charge < -0.3 is 10.1 Å². The number of nitrogens with one attached hydrogen (secondary N) is 1. The van der Waals surface area contributed by atoms with Gasteiger partial charge >= 0.3 is 5.97 Å². The van der Waals surface area contributed by atoms with Gasteiger partial charge in [0.25, 0.3) is 5.91 Å². The van der Waals surface area contributed by atoms with Gasteiger partial charge in [0.05, 0.1) is 18.4 Å². The predicted octanol–water partition coefficient (Wildman–Crippen LogP) is 2.99. The number of ether oxygens (including phenoxy) is 1. The van der Waals surface area contributed by atoms with E-state index in [0.717, 1.165) is 11.2 Å². The number of benzene rings is 1. The second-order valence-corrected chi connectivity index (χ2v) is 5.50. The van der Waals surface area contributed by atoms with E-state index in [-0.39, 0.29) is 5.91 Å². The largest absolute Gasteiger partial charge is 0.465 e. The lowest BCUT2D eigenvalue weighted by atomic mass is 10.2. The predicted molar refractivity (Wildman–Crippen MR) is 90.4 cm³/mol.